The van der Waals surface area contributed by atoms with Gasteiger partial charge in [-0.05, 0) is 17.9 Å². The first-order valence-corrected chi connectivity index (χ1v) is 8.09. The highest BCUT2D eigenvalue weighted by atomic mass is 32.2. The predicted octanol–water partition coefficient (Wildman–Crippen LogP) is 4.17. The molecular weight excluding hydrogens is 280 g/mol. The lowest BCUT2D eigenvalue weighted by atomic mass is 10.0. The van der Waals surface area contributed by atoms with Crippen LogP contribution in [0.25, 0.3) is 22.2 Å². The van der Waals surface area contributed by atoms with Gasteiger partial charge in [0.25, 0.3) is 0 Å². The van der Waals surface area contributed by atoms with E-state index in [1.54, 1.807) is 13.4 Å². The first-order valence-electron chi connectivity index (χ1n) is 6.69. The molecule has 0 spiro atoms. The molecule has 2 aromatic carbocycles. The molecule has 3 aromatic rings. The largest absolute Gasteiger partial charge is 0.494 e. The van der Waals surface area contributed by atoms with Crippen molar-refractivity contribution >= 4 is 22.7 Å². The van der Waals surface area contributed by atoms with Gasteiger partial charge in [-0.25, -0.2) is 9.97 Å². The fraction of sp³-hybridized carbons (Fsp3) is 0.176. The van der Waals surface area contributed by atoms with Gasteiger partial charge in [-0.3, -0.25) is 0 Å². The van der Waals surface area contributed by atoms with E-state index in [0.29, 0.717) is 0 Å². The van der Waals surface area contributed by atoms with Crippen LogP contribution in [0, 0.1) is 0 Å². The van der Waals surface area contributed by atoms with Crippen LogP contribution in [-0.2, 0) is 5.75 Å². The minimum atomic E-state index is 0.773. The van der Waals surface area contributed by atoms with Crippen LogP contribution in [0.2, 0.25) is 0 Å². The van der Waals surface area contributed by atoms with Crippen LogP contribution < -0.4 is 4.74 Å². The van der Waals surface area contributed by atoms with E-state index in [0.717, 1.165) is 33.7 Å². The van der Waals surface area contributed by atoms with Crippen LogP contribution in [0.4, 0.5) is 0 Å². The molecule has 106 valence electrons. The summed E-state index contributed by atoms with van der Waals surface area (Å²) in [7, 11) is 1.66. The number of thioether (sulfide) groups is 1. The average molecular weight is 296 g/mol. The summed E-state index contributed by atoms with van der Waals surface area (Å²) >= 11 is 1.82. The topological polar surface area (TPSA) is 35.0 Å². The van der Waals surface area contributed by atoms with Crippen molar-refractivity contribution in [1.82, 2.24) is 9.97 Å². The first-order chi connectivity index (χ1) is 10.3. The van der Waals surface area contributed by atoms with E-state index in [1.807, 2.05) is 30.0 Å². The van der Waals surface area contributed by atoms with Gasteiger partial charge in [-0.1, -0.05) is 36.4 Å². The summed E-state index contributed by atoms with van der Waals surface area (Å²) in [6, 6.07) is 14.5. The van der Waals surface area contributed by atoms with Crippen molar-refractivity contribution in [2.24, 2.45) is 0 Å². The summed E-state index contributed by atoms with van der Waals surface area (Å²) < 4.78 is 5.38. The Morgan fingerprint density at radius 2 is 1.86 bits per heavy atom. The second-order valence-corrected chi connectivity index (χ2v) is 5.57. The maximum absolute atomic E-state index is 5.38. The Labute approximate surface area is 128 Å². The van der Waals surface area contributed by atoms with Crippen LogP contribution in [0.1, 0.15) is 5.56 Å². The standard InChI is InChI=1S/C17H16N2OS/c1-20-15-5-3-4-14-16(18-11-19-17(14)15)13-8-6-12(7-9-13)10-21-2/h3-9,11H,10H2,1-2H3. The minimum absolute atomic E-state index is 0.773. The van der Waals surface area contributed by atoms with Gasteiger partial charge in [0.2, 0.25) is 0 Å². The van der Waals surface area contributed by atoms with Crippen molar-refractivity contribution < 1.29 is 4.74 Å². The SMILES string of the molecule is COc1cccc2c(-c3ccc(CSC)cc3)ncnc12. The fourth-order valence-corrected chi connectivity index (χ4v) is 2.91. The summed E-state index contributed by atoms with van der Waals surface area (Å²) in [5, 5.41) is 1.01. The molecule has 1 aromatic heterocycles. The molecule has 0 saturated carbocycles. The number of nitrogens with zero attached hydrogens (tertiary/aromatic N) is 2. The Hall–Kier alpha value is -2.07. The first kappa shape index (κ1) is 13.9. The number of hydrogen-bond acceptors (Lipinski definition) is 4. The zero-order chi connectivity index (χ0) is 14.7. The van der Waals surface area contributed by atoms with E-state index in [-0.39, 0.29) is 0 Å². The molecule has 3 nitrogen and oxygen atoms in total. The number of rotatable bonds is 4. The molecule has 1 heterocycles. The zero-order valence-electron chi connectivity index (χ0n) is 12.0. The third-order valence-electron chi connectivity index (χ3n) is 3.39. The number of benzene rings is 2. The van der Waals surface area contributed by atoms with E-state index in [4.69, 9.17) is 4.74 Å². The number of aromatic nitrogens is 2. The predicted molar refractivity (Wildman–Crippen MR) is 88.7 cm³/mol. The van der Waals surface area contributed by atoms with Crippen molar-refractivity contribution in [3.05, 3.63) is 54.4 Å². The molecule has 0 unspecified atom stereocenters. The number of ether oxygens (including phenoxy) is 1. The number of fused-ring (bicyclic) bond motifs is 1. The molecule has 3 rings (SSSR count). The van der Waals surface area contributed by atoms with Crippen molar-refractivity contribution in [1.29, 1.82) is 0 Å². The molecule has 0 amide bonds. The highest BCUT2D eigenvalue weighted by Gasteiger charge is 2.09. The van der Waals surface area contributed by atoms with Crippen LogP contribution in [0.3, 0.4) is 0 Å². The molecular formula is C17H16N2OS. The van der Waals surface area contributed by atoms with Crippen LogP contribution >= 0.6 is 11.8 Å². The van der Waals surface area contributed by atoms with E-state index < -0.39 is 0 Å². The van der Waals surface area contributed by atoms with Gasteiger partial charge in [0.1, 0.15) is 17.6 Å². The van der Waals surface area contributed by atoms with Crippen molar-refractivity contribution in [3.63, 3.8) is 0 Å². The third-order valence-corrected chi connectivity index (χ3v) is 4.01. The van der Waals surface area contributed by atoms with Crippen LogP contribution in [0.5, 0.6) is 5.75 Å². The maximum atomic E-state index is 5.38. The number of hydrogen-bond donors (Lipinski definition) is 0. The lowest BCUT2D eigenvalue weighted by Gasteiger charge is -2.08. The Bertz CT molecular complexity index is 756. The highest BCUT2D eigenvalue weighted by molar-refractivity contribution is 7.97. The highest BCUT2D eigenvalue weighted by Crippen LogP contribution is 2.30. The van der Waals surface area contributed by atoms with Crippen molar-refractivity contribution in [3.8, 4) is 17.0 Å². The molecule has 4 heteroatoms. The molecule has 0 aliphatic rings. The molecule has 0 atom stereocenters. The third kappa shape index (κ3) is 2.72. The van der Waals surface area contributed by atoms with Gasteiger partial charge in [0.15, 0.2) is 0 Å². The second-order valence-electron chi connectivity index (χ2n) is 4.71. The molecule has 0 fully saturated rings. The number of methoxy groups -OCH3 is 1. The summed E-state index contributed by atoms with van der Waals surface area (Å²) in [6.45, 7) is 0. The molecule has 0 saturated heterocycles. The molecule has 0 radical (unpaired) electrons. The fourth-order valence-electron chi connectivity index (χ4n) is 2.38. The smallest absolute Gasteiger partial charge is 0.145 e. The summed E-state index contributed by atoms with van der Waals surface area (Å²) in [5.74, 6) is 1.80. The van der Waals surface area contributed by atoms with E-state index in [9.17, 15) is 0 Å². The quantitative estimate of drug-likeness (QED) is 0.724. The van der Waals surface area contributed by atoms with Crippen molar-refractivity contribution in [2.45, 2.75) is 5.75 Å². The van der Waals surface area contributed by atoms with E-state index in [1.165, 1.54) is 5.56 Å². The molecule has 21 heavy (non-hydrogen) atoms. The number of para-hydroxylation sites is 1. The molecule has 0 bridgehead atoms. The summed E-state index contributed by atoms with van der Waals surface area (Å²) in [6.07, 6.45) is 3.70. The van der Waals surface area contributed by atoms with E-state index >= 15 is 0 Å². The van der Waals surface area contributed by atoms with Gasteiger partial charge in [-0.15, -0.1) is 0 Å². The average Bonchev–Trinajstić information content (AvgIpc) is 2.55. The summed E-state index contributed by atoms with van der Waals surface area (Å²) in [4.78, 5) is 8.80. The Kier molecular flexibility index (Phi) is 4.06. The van der Waals surface area contributed by atoms with Crippen LogP contribution in [0.15, 0.2) is 48.8 Å². The Balaban J connectivity index is 2.12. The van der Waals surface area contributed by atoms with Crippen LogP contribution in [-0.4, -0.2) is 23.3 Å². The molecule has 0 N–H and O–H groups in total. The Morgan fingerprint density at radius 1 is 1.05 bits per heavy atom. The van der Waals surface area contributed by atoms with Gasteiger partial charge in [0.05, 0.1) is 12.8 Å². The lowest BCUT2D eigenvalue weighted by molar-refractivity contribution is 0.419. The normalized spacial score (nSPS) is 10.8. The second kappa shape index (κ2) is 6.14. The minimum Gasteiger partial charge on any atom is -0.494 e. The van der Waals surface area contributed by atoms with Gasteiger partial charge < -0.3 is 4.74 Å². The molecule has 0 aliphatic carbocycles. The Morgan fingerprint density at radius 3 is 2.57 bits per heavy atom. The van der Waals surface area contributed by atoms with Crippen molar-refractivity contribution in [2.75, 3.05) is 13.4 Å². The zero-order valence-corrected chi connectivity index (χ0v) is 12.9. The van der Waals surface area contributed by atoms with Gasteiger partial charge >= 0.3 is 0 Å². The monoisotopic (exact) mass is 296 g/mol. The van der Waals surface area contributed by atoms with Gasteiger partial charge in [0, 0.05) is 16.7 Å². The maximum Gasteiger partial charge on any atom is 0.145 e. The summed E-state index contributed by atoms with van der Waals surface area (Å²) in [5.41, 5.74) is 4.20. The van der Waals surface area contributed by atoms with Gasteiger partial charge in [-0.2, -0.15) is 11.8 Å². The molecule has 0 aliphatic heterocycles. The lowest BCUT2D eigenvalue weighted by Crippen LogP contribution is -1.92. The van der Waals surface area contributed by atoms with E-state index in [2.05, 4.69) is 40.5 Å².